The first kappa shape index (κ1) is 25.4. The summed E-state index contributed by atoms with van der Waals surface area (Å²) < 4.78 is 40.8. The van der Waals surface area contributed by atoms with E-state index < -0.39 is 53.5 Å². The predicted molar refractivity (Wildman–Crippen MR) is 125 cm³/mol. The van der Waals surface area contributed by atoms with Crippen LogP contribution in [0.1, 0.15) is 37.8 Å². The van der Waals surface area contributed by atoms with Crippen molar-refractivity contribution in [2.75, 3.05) is 0 Å². The van der Waals surface area contributed by atoms with Crippen LogP contribution in [0, 0.1) is 5.92 Å². The Morgan fingerprint density at radius 2 is 1.81 bits per heavy atom. The summed E-state index contributed by atoms with van der Waals surface area (Å²) in [6, 6.07) is 8.71. The maximum atomic E-state index is 13.1. The number of carbonyl (C=O) groups excluding carboxylic acids is 1. The molecule has 0 aliphatic heterocycles. The van der Waals surface area contributed by atoms with Gasteiger partial charge in [-0.25, -0.2) is 4.79 Å². The van der Waals surface area contributed by atoms with Gasteiger partial charge in [-0.05, 0) is 24.0 Å². The number of aromatic amines is 1. The maximum absolute atomic E-state index is 13.1. The molecule has 12 heteroatoms. The average molecular weight is 506 g/mol. The Bertz CT molecular complexity index is 1460. The van der Waals surface area contributed by atoms with Crippen molar-refractivity contribution in [2.45, 2.75) is 57.1 Å². The van der Waals surface area contributed by atoms with E-state index in [9.17, 15) is 37.5 Å². The SMILES string of the molecule is CC(C)C(NC(=O)Cn1ccc2c(=O)n([C@H]3C[C@@H]3c3ccccc3)c(=O)[nH]c2c1=O)C(O)C(F)(F)F. The Hall–Kier alpha value is -3.67. The van der Waals surface area contributed by atoms with Crippen LogP contribution >= 0.6 is 0 Å². The number of aromatic nitrogens is 3. The van der Waals surface area contributed by atoms with Gasteiger partial charge in [0.15, 0.2) is 6.10 Å². The van der Waals surface area contributed by atoms with Crippen LogP contribution in [0.2, 0.25) is 0 Å². The Kier molecular flexibility index (Phi) is 6.65. The lowest BCUT2D eigenvalue weighted by Crippen LogP contribution is -2.53. The molecule has 3 aromatic rings. The van der Waals surface area contributed by atoms with Crippen LogP contribution in [0.4, 0.5) is 13.2 Å². The lowest BCUT2D eigenvalue weighted by atomic mass is 9.98. The van der Waals surface area contributed by atoms with Gasteiger partial charge in [0.1, 0.15) is 12.1 Å². The molecule has 2 heterocycles. The molecule has 2 aromatic heterocycles. The van der Waals surface area contributed by atoms with Crippen LogP contribution in [-0.4, -0.2) is 43.5 Å². The number of carbonyl (C=O) groups is 1. The third kappa shape index (κ3) is 4.85. The van der Waals surface area contributed by atoms with Crippen molar-refractivity contribution in [2.24, 2.45) is 5.92 Å². The van der Waals surface area contributed by atoms with Gasteiger partial charge in [-0.3, -0.25) is 19.0 Å². The van der Waals surface area contributed by atoms with Crippen molar-refractivity contribution < 1.29 is 23.1 Å². The summed E-state index contributed by atoms with van der Waals surface area (Å²) in [5.74, 6) is -1.71. The Morgan fingerprint density at radius 3 is 2.42 bits per heavy atom. The normalized spacial score (nSPS) is 19.3. The van der Waals surface area contributed by atoms with Crippen LogP contribution in [-0.2, 0) is 11.3 Å². The maximum Gasteiger partial charge on any atom is 0.416 e. The highest BCUT2D eigenvalue weighted by Crippen LogP contribution is 2.50. The van der Waals surface area contributed by atoms with Gasteiger partial charge >= 0.3 is 11.9 Å². The van der Waals surface area contributed by atoms with Crippen molar-refractivity contribution in [3.8, 4) is 0 Å². The van der Waals surface area contributed by atoms with Crippen LogP contribution < -0.4 is 22.1 Å². The van der Waals surface area contributed by atoms with Gasteiger partial charge in [-0.2, -0.15) is 13.2 Å². The molecule has 4 rings (SSSR count). The van der Waals surface area contributed by atoms with Gasteiger partial charge in [0.05, 0.1) is 11.4 Å². The standard InChI is InChI=1S/C24H25F3N4O5/c1-12(2)18(20(33)24(25,26)27)28-17(32)11-30-9-8-14-19(22(30)35)29-23(36)31(21(14)34)16-10-15(16)13-6-4-3-5-7-13/h3-9,12,15-16,18,20,33H,10-11H2,1-2H3,(H,28,32)(H,29,36)/t15-,16+,18?,20?/m1/s1. The number of aliphatic hydroxyl groups excluding tert-OH is 1. The van der Waals surface area contributed by atoms with Gasteiger partial charge in [-0.15, -0.1) is 0 Å². The van der Waals surface area contributed by atoms with Crippen molar-refractivity contribution in [3.05, 3.63) is 79.4 Å². The fourth-order valence-corrected chi connectivity index (χ4v) is 4.41. The molecule has 1 aromatic carbocycles. The topological polar surface area (TPSA) is 126 Å². The lowest BCUT2D eigenvalue weighted by molar-refractivity contribution is -0.215. The molecule has 1 amide bonds. The minimum atomic E-state index is -4.94. The van der Waals surface area contributed by atoms with Crippen molar-refractivity contribution in [1.29, 1.82) is 0 Å². The highest BCUT2D eigenvalue weighted by atomic mass is 19.4. The largest absolute Gasteiger partial charge is 0.416 e. The second-order valence-corrected chi connectivity index (χ2v) is 9.29. The summed E-state index contributed by atoms with van der Waals surface area (Å²) in [5, 5.41) is 11.6. The zero-order valence-electron chi connectivity index (χ0n) is 19.5. The van der Waals surface area contributed by atoms with E-state index in [1.165, 1.54) is 26.1 Å². The molecule has 4 atom stereocenters. The predicted octanol–water partition coefficient (Wildman–Crippen LogP) is 1.64. The van der Waals surface area contributed by atoms with E-state index in [-0.39, 0.29) is 22.9 Å². The number of nitrogens with one attached hydrogen (secondary N) is 2. The molecule has 1 aliphatic carbocycles. The van der Waals surface area contributed by atoms with Gasteiger partial charge in [0, 0.05) is 18.2 Å². The minimum absolute atomic E-state index is 0.00697. The number of nitrogens with zero attached hydrogens (tertiary/aromatic N) is 2. The molecule has 36 heavy (non-hydrogen) atoms. The van der Waals surface area contributed by atoms with Crippen molar-refractivity contribution >= 4 is 16.8 Å². The number of benzene rings is 1. The highest BCUT2D eigenvalue weighted by molar-refractivity contribution is 5.78. The first-order valence-electron chi connectivity index (χ1n) is 11.4. The number of amides is 1. The molecule has 1 aliphatic rings. The average Bonchev–Trinajstić information content (AvgIpc) is 3.59. The number of halogens is 3. The van der Waals surface area contributed by atoms with Crippen LogP contribution in [0.25, 0.3) is 10.9 Å². The van der Waals surface area contributed by atoms with E-state index in [2.05, 4.69) is 10.3 Å². The van der Waals surface area contributed by atoms with E-state index in [4.69, 9.17) is 0 Å². The fourth-order valence-electron chi connectivity index (χ4n) is 4.41. The summed E-state index contributed by atoms with van der Waals surface area (Å²) in [6.45, 7) is 2.13. The van der Waals surface area contributed by atoms with E-state index in [0.717, 1.165) is 14.7 Å². The van der Waals surface area contributed by atoms with Gasteiger partial charge in [0.25, 0.3) is 11.1 Å². The number of fused-ring (bicyclic) bond motifs is 1. The number of H-pyrrole nitrogens is 1. The quantitative estimate of drug-likeness (QED) is 0.449. The van der Waals surface area contributed by atoms with Crippen molar-refractivity contribution in [1.82, 2.24) is 19.4 Å². The van der Waals surface area contributed by atoms with Gasteiger partial charge in [0.2, 0.25) is 5.91 Å². The molecule has 1 fully saturated rings. The van der Waals surface area contributed by atoms with E-state index >= 15 is 0 Å². The van der Waals surface area contributed by atoms with Gasteiger partial charge in [-0.1, -0.05) is 44.2 Å². The first-order chi connectivity index (χ1) is 16.9. The minimum Gasteiger partial charge on any atom is -0.382 e. The smallest absolute Gasteiger partial charge is 0.382 e. The number of alkyl halides is 3. The number of aliphatic hydroxyl groups is 1. The highest BCUT2D eigenvalue weighted by Gasteiger charge is 2.45. The number of hydrogen-bond donors (Lipinski definition) is 3. The number of rotatable bonds is 7. The monoisotopic (exact) mass is 506 g/mol. The number of hydrogen-bond acceptors (Lipinski definition) is 5. The van der Waals surface area contributed by atoms with Gasteiger partial charge < -0.3 is 20.0 Å². The molecule has 192 valence electrons. The van der Waals surface area contributed by atoms with Crippen LogP contribution in [0.5, 0.6) is 0 Å². The molecular weight excluding hydrogens is 481 g/mol. The molecule has 0 saturated heterocycles. The summed E-state index contributed by atoms with van der Waals surface area (Å²) in [4.78, 5) is 53.5. The summed E-state index contributed by atoms with van der Waals surface area (Å²) >= 11 is 0. The third-order valence-corrected chi connectivity index (χ3v) is 6.42. The van der Waals surface area contributed by atoms with E-state index in [1.54, 1.807) is 0 Å². The van der Waals surface area contributed by atoms with Crippen LogP contribution in [0.15, 0.2) is 57.0 Å². The van der Waals surface area contributed by atoms with E-state index in [1.807, 2.05) is 30.3 Å². The second kappa shape index (κ2) is 9.41. The molecule has 0 spiro atoms. The zero-order valence-corrected chi connectivity index (χ0v) is 19.5. The lowest BCUT2D eigenvalue weighted by Gasteiger charge is -2.28. The third-order valence-electron chi connectivity index (χ3n) is 6.42. The molecule has 0 bridgehead atoms. The first-order valence-corrected chi connectivity index (χ1v) is 11.4. The van der Waals surface area contributed by atoms with Crippen molar-refractivity contribution in [3.63, 3.8) is 0 Å². The van der Waals surface area contributed by atoms with E-state index in [0.29, 0.717) is 6.42 Å². The molecule has 9 nitrogen and oxygen atoms in total. The Labute approximate surface area is 202 Å². The Balaban J connectivity index is 1.60. The molecule has 1 saturated carbocycles. The fraction of sp³-hybridized carbons (Fsp3) is 0.417. The molecule has 2 unspecified atom stereocenters. The second-order valence-electron chi connectivity index (χ2n) is 9.29. The molecular formula is C24H25F3N4O5. The summed E-state index contributed by atoms with van der Waals surface area (Å²) in [7, 11) is 0. The summed E-state index contributed by atoms with van der Waals surface area (Å²) in [6.07, 6.45) is -5.97. The summed E-state index contributed by atoms with van der Waals surface area (Å²) in [5.41, 5.74) is -1.56. The molecule has 3 N–H and O–H groups in total. The molecule has 0 radical (unpaired) electrons. The van der Waals surface area contributed by atoms with Crippen LogP contribution in [0.3, 0.4) is 0 Å². The Morgan fingerprint density at radius 1 is 1.14 bits per heavy atom. The zero-order chi connectivity index (χ0) is 26.4. The number of pyridine rings is 1.